The van der Waals surface area contributed by atoms with Crippen molar-refractivity contribution in [3.05, 3.63) is 90.8 Å². The summed E-state index contributed by atoms with van der Waals surface area (Å²) in [4.78, 5) is 4.38. The molecule has 5 nitrogen and oxygen atoms in total. The van der Waals surface area contributed by atoms with Crippen LogP contribution in [0.25, 0.3) is 0 Å². The van der Waals surface area contributed by atoms with Crippen molar-refractivity contribution in [2.45, 2.75) is 0 Å². The van der Waals surface area contributed by atoms with Gasteiger partial charge < -0.3 is 0 Å². The molecule has 4 rings (SSSR count). The minimum Gasteiger partial charge on any atom is -0.253 e. The Kier molecular flexibility index (Phi) is 3.81. The fraction of sp³-hybridized carbons (Fsp3) is 0.0526. The van der Waals surface area contributed by atoms with Crippen molar-refractivity contribution < 1.29 is 0 Å². The van der Waals surface area contributed by atoms with Crippen molar-refractivity contribution in [1.29, 1.82) is 0 Å². The van der Waals surface area contributed by atoms with Crippen LogP contribution in [0.4, 0.5) is 11.4 Å². The first-order valence-electron chi connectivity index (χ1n) is 7.77. The minimum absolute atomic E-state index is 0.546. The van der Waals surface area contributed by atoms with Crippen LogP contribution in [0.5, 0.6) is 0 Å². The lowest BCUT2D eigenvalue weighted by Gasteiger charge is -2.33. The lowest BCUT2D eigenvalue weighted by molar-refractivity contribution is 0.669. The van der Waals surface area contributed by atoms with Crippen LogP contribution in [0, 0.1) is 0 Å². The smallest absolute Gasteiger partial charge is 0.217 e. The fourth-order valence-electron chi connectivity index (χ4n) is 2.52. The molecule has 0 amide bonds. The van der Waals surface area contributed by atoms with Crippen LogP contribution < -0.4 is 15.4 Å². The number of aromatic nitrogens is 1. The quantitative estimate of drug-likeness (QED) is 0.745. The topological polar surface area (TPSA) is 45.8 Å². The maximum atomic E-state index is 4.68. The van der Waals surface area contributed by atoms with Gasteiger partial charge in [0.1, 0.15) is 12.4 Å². The molecule has 3 aromatic rings. The maximum Gasteiger partial charge on any atom is 0.217 e. The van der Waals surface area contributed by atoms with Crippen LogP contribution in [0.3, 0.4) is 0 Å². The molecule has 1 aromatic heterocycles. The highest BCUT2D eigenvalue weighted by Gasteiger charge is 2.23. The third-order valence-corrected chi connectivity index (χ3v) is 3.70. The Morgan fingerprint density at radius 3 is 1.92 bits per heavy atom. The normalized spacial score (nSPS) is 14.1. The molecule has 5 heteroatoms. The van der Waals surface area contributed by atoms with Crippen LogP contribution >= 0.6 is 0 Å². The first-order chi connectivity index (χ1) is 11.9. The second kappa shape index (κ2) is 6.42. The zero-order chi connectivity index (χ0) is 16.2. The molecular formula is C19H16N5. The molecule has 2 heterocycles. The van der Waals surface area contributed by atoms with E-state index in [1.54, 1.807) is 6.20 Å². The first kappa shape index (κ1) is 14.3. The molecule has 0 saturated carbocycles. The molecule has 1 aliphatic heterocycles. The first-order valence-corrected chi connectivity index (χ1v) is 7.77. The number of pyridine rings is 1. The van der Waals surface area contributed by atoms with E-state index >= 15 is 0 Å². The Morgan fingerprint density at radius 1 is 0.667 bits per heavy atom. The van der Waals surface area contributed by atoms with Gasteiger partial charge in [-0.1, -0.05) is 42.5 Å². The molecule has 24 heavy (non-hydrogen) atoms. The molecule has 2 aromatic carbocycles. The lowest BCUT2D eigenvalue weighted by atomic mass is 10.3. The second-order valence-corrected chi connectivity index (χ2v) is 5.35. The second-order valence-electron chi connectivity index (χ2n) is 5.35. The standard InChI is InChI=1S/C19H16N5/c1-3-9-16(10-4-1)23-15-24(17-11-5-2-6-12-17)22-19(21-23)18-13-7-8-14-20-18/h1-14H,15H2. The third kappa shape index (κ3) is 2.92. The summed E-state index contributed by atoms with van der Waals surface area (Å²) in [6.07, 6.45) is 1.75. The molecule has 1 aliphatic rings. The summed E-state index contributed by atoms with van der Waals surface area (Å²) < 4.78 is 0. The van der Waals surface area contributed by atoms with E-state index in [0.29, 0.717) is 12.5 Å². The Morgan fingerprint density at radius 2 is 1.29 bits per heavy atom. The van der Waals surface area contributed by atoms with Gasteiger partial charge in [0.2, 0.25) is 5.84 Å². The summed E-state index contributed by atoms with van der Waals surface area (Å²) in [5, 5.41) is 8.55. The molecule has 0 unspecified atom stereocenters. The SMILES string of the molecule is c1ccc(N2CN(c3ccccc3)N=C(c3ccccn3)[N]2)cc1. The van der Waals surface area contributed by atoms with Crippen LogP contribution in [-0.2, 0) is 0 Å². The molecule has 0 aliphatic carbocycles. The van der Waals surface area contributed by atoms with E-state index in [-0.39, 0.29) is 0 Å². The number of anilines is 2. The van der Waals surface area contributed by atoms with E-state index in [0.717, 1.165) is 17.1 Å². The van der Waals surface area contributed by atoms with Crippen molar-refractivity contribution in [2.75, 3.05) is 16.7 Å². The number of para-hydroxylation sites is 2. The lowest BCUT2D eigenvalue weighted by Crippen LogP contribution is -2.48. The number of hydrazone groups is 1. The molecule has 0 bridgehead atoms. The molecular weight excluding hydrogens is 298 g/mol. The van der Waals surface area contributed by atoms with E-state index < -0.39 is 0 Å². The molecule has 0 saturated heterocycles. The van der Waals surface area contributed by atoms with Crippen LogP contribution in [0.15, 0.2) is 90.2 Å². The monoisotopic (exact) mass is 314 g/mol. The van der Waals surface area contributed by atoms with Gasteiger partial charge in [-0.2, -0.15) is 0 Å². The van der Waals surface area contributed by atoms with Gasteiger partial charge in [0.25, 0.3) is 0 Å². The fourth-order valence-corrected chi connectivity index (χ4v) is 2.52. The van der Waals surface area contributed by atoms with Gasteiger partial charge in [0, 0.05) is 6.20 Å². The van der Waals surface area contributed by atoms with Crippen LogP contribution in [-0.4, -0.2) is 17.5 Å². The summed E-state index contributed by atoms with van der Waals surface area (Å²) in [5.74, 6) is 0.592. The molecule has 117 valence electrons. The number of hydrogen-bond donors (Lipinski definition) is 0. The van der Waals surface area contributed by atoms with E-state index in [9.17, 15) is 0 Å². The average Bonchev–Trinajstić information content (AvgIpc) is 2.70. The maximum absolute atomic E-state index is 4.68. The van der Waals surface area contributed by atoms with Gasteiger partial charge in [-0.25, -0.2) is 10.0 Å². The molecule has 0 N–H and O–H groups in total. The Balaban J connectivity index is 1.73. The number of rotatable bonds is 3. The number of hydrogen-bond acceptors (Lipinski definition) is 4. The van der Waals surface area contributed by atoms with E-state index in [4.69, 9.17) is 0 Å². The van der Waals surface area contributed by atoms with Gasteiger partial charge in [-0.05, 0) is 36.4 Å². The van der Waals surface area contributed by atoms with Crippen molar-refractivity contribution in [3.63, 3.8) is 0 Å². The van der Waals surface area contributed by atoms with Crippen molar-refractivity contribution in [3.8, 4) is 0 Å². The Bertz CT molecular complexity index is 818. The highest BCUT2D eigenvalue weighted by molar-refractivity contribution is 5.98. The summed E-state index contributed by atoms with van der Waals surface area (Å²) in [6, 6.07) is 25.9. The number of amidine groups is 1. The predicted octanol–water partition coefficient (Wildman–Crippen LogP) is 3.25. The van der Waals surface area contributed by atoms with Crippen molar-refractivity contribution >= 4 is 17.2 Å². The zero-order valence-corrected chi connectivity index (χ0v) is 13.0. The Hall–Kier alpha value is -3.34. The van der Waals surface area contributed by atoms with Gasteiger partial charge in [-0.3, -0.25) is 4.98 Å². The van der Waals surface area contributed by atoms with Crippen LogP contribution in [0.2, 0.25) is 0 Å². The van der Waals surface area contributed by atoms with E-state index in [2.05, 4.69) is 15.5 Å². The summed E-state index contributed by atoms with van der Waals surface area (Å²) in [5.41, 5.74) is 7.46. The van der Waals surface area contributed by atoms with Crippen molar-refractivity contribution in [1.82, 2.24) is 10.4 Å². The van der Waals surface area contributed by atoms with Gasteiger partial charge in [-0.15, -0.1) is 10.5 Å². The minimum atomic E-state index is 0.546. The summed E-state index contributed by atoms with van der Waals surface area (Å²) in [7, 11) is 0. The number of nitrogens with zero attached hydrogens (tertiary/aromatic N) is 5. The largest absolute Gasteiger partial charge is 0.253 e. The van der Waals surface area contributed by atoms with Crippen molar-refractivity contribution in [2.24, 2.45) is 5.10 Å². The predicted molar refractivity (Wildman–Crippen MR) is 95.6 cm³/mol. The van der Waals surface area contributed by atoms with E-state index in [1.807, 2.05) is 88.9 Å². The van der Waals surface area contributed by atoms with Gasteiger partial charge >= 0.3 is 0 Å². The molecule has 0 fully saturated rings. The third-order valence-electron chi connectivity index (χ3n) is 3.70. The highest BCUT2D eigenvalue weighted by atomic mass is 15.7. The number of benzene rings is 2. The average molecular weight is 314 g/mol. The molecule has 0 spiro atoms. The van der Waals surface area contributed by atoms with Gasteiger partial charge in [0.15, 0.2) is 0 Å². The van der Waals surface area contributed by atoms with Gasteiger partial charge in [0.05, 0.1) is 11.4 Å². The van der Waals surface area contributed by atoms with E-state index in [1.165, 1.54) is 0 Å². The summed E-state index contributed by atoms with van der Waals surface area (Å²) in [6.45, 7) is 0.546. The molecule has 1 radical (unpaired) electrons. The highest BCUT2D eigenvalue weighted by Crippen LogP contribution is 2.21. The zero-order valence-electron chi connectivity index (χ0n) is 13.0. The summed E-state index contributed by atoms with van der Waals surface area (Å²) >= 11 is 0. The van der Waals surface area contributed by atoms with Crippen LogP contribution in [0.1, 0.15) is 5.69 Å². The Labute approximate surface area is 140 Å². The molecule has 0 atom stereocenters.